The van der Waals surface area contributed by atoms with Gasteiger partial charge in [0.25, 0.3) is 5.91 Å². The Morgan fingerprint density at radius 1 is 1.17 bits per heavy atom. The molecule has 0 radical (unpaired) electrons. The zero-order chi connectivity index (χ0) is 17.7. The number of primary amides is 1. The molecule has 24 heavy (non-hydrogen) atoms. The second-order valence-corrected chi connectivity index (χ2v) is 6.02. The number of nitrogens with two attached hydrogens (primary N) is 1. The van der Waals surface area contributed by atoms with Crippen LogP contribution in [0, 0.1) is 0 Å². The Labute approximate surface area is 152 Å². The molecule has 8 heteroatoms. The van der Waals surface area contributed by atoms with E-state index in [0.717, 1.165) is 4.47 Å². The Balaban J connectivity index is 2.05. The van der Waals surface area contributed by atoms with Crippen LogP contribution < -0.4 is 21.1 Å². The highest BCUT2D eigenvalue weighted by molar-refractivity contribution is 9.10. The number of carbonyl (C=O) groups excluding carboxylic acids is 2. The number of hydrogen-bond donors (Lipinski definition) is 3. The molecule has 0 bridgehead atoms. The lowest BCUT2D eigenvalue weighted by atomic mass is 10.2. The highest BCUT2D eigenvalue weighted by Crippen LogP contribution is 2.22. The summed E-state index contributed by atoms with van der Waals surface area (Å²) in [7, 11) is 1.48. The zero-order valence-electron chi connectivity index (χ0n) is 12.6. The first-order valence-corrected chi connectivity index (χ1v) is 7.96. The second-order valence-electron chi connectivity index (χ2n) is 4.69. The molecule has 124 valence electrons. The number of thiocarbonyl (C=S) groups is 1. The number of benzene rings is 2. The van der Waals surface area contributed by atoms with Crippen molar-refractivity contribution in [2.75, 3.05) is 12.4 Å². The molecule has 0 aliphatic carbocycles. The summed E-state index contributed by atoms with van der Waals surface area (Å²) >= 11 is 8.43. The largest absolute Gasteiger partial charge is 0.496 e. The summed E-state index contributed by atoms with van der Waals surface area (Å²) in [6, 6.07) is 11.5. The van der Waals surface area contributed by atoms with Crippen LogP contribution in [0.1, 0.15) is 20.7 Å². The molecule has 2 amide bonds. The van der Waals surface area contributed by atoms with E-state index in [1.54, 1.807) is 42.5 Å². The van der Waals surface area contributed by atoms with Gasteiger partial charge in [0.05, 0.1) is 12.7 Å². The van der Waals surface area contributed by atoms with Crippen molar-refractivity contribution in [2.45, 2.75) is 0 Å². The van der Waals surface area contributed by atoms with Gasteiger partial charge in [0.15, 0.2) is 5.11 Å². The summed E-state index contributed by atoms with van der Waals surface area (Å²) in [5, 5.41) is 5.55. The highest BCUT2D eigenvalue weighted by Gasteiger charge is 2.14. The van der Waals surface area contributed by atoms with E-state index in [1.807, 2.05) is 0 Å². The average Bonchev–Trinajstić information content (AvgIpc) is 2.55. The maximum absolute atomic E-state index is 12.3. The van der Waals surface area contributed by atoms with Crippen LogP contribution >= 0.6 is 28.1 Å². The lowest BCUT2D eigenvalue weighted by molar-refractivity contribution is 0.0972. The van der Waals surface area contributed by atoms with Gasteiger partial charge in [-0.25, -0.2) is 0 Å². The van der Waals surface area contributed by atoms with Crippen LogP contribution in [0.15, 0.2) is 46.9 Å². The number of amides is 2. The van der Waals surface area contributed by atoms with E-state index in [-0.39, 0.29) is 5.11 Å². The maximum atomic E-state index is 12.3. The zero-order valence-corrected chi connectivity index (χ0v) is 15.0. The smallest absolute Gasteiger partial charge is 0.261 e. The van der Waals surface area contributed by atoms with Crippen molar-refractivity contribution in [1.82, 2.24) is 5.32 Å². The van der Waals surface area contributed by atoms with Gasteiger partial charge < -0.3 is 15.8 Å². The Morgan fingerprint density at radius 3 is 2.42 bits per heavy atom. The molecule has 0 aromatic heterocycles. The first-order chi connectivity index (χ1) is 11.4. The van der Waals surface area contributed by atoms with Gasteiger partial charge in [-0.05, 0) is 54.7 Å². The van der Waals surface area contributed by atoms with Crippen molar-refractivity contribution >= 4 is 50.8 Å². The predicted molar refractivity (Wildman–Crippen MR) is 99.3 cm³/mol. The molecule has 2 rings (SSSR count). The number of methoxy groups -OCH3 is 1. The van der Waals surface area contributed by atoms with E-state index in [9.17, 15) is 9.59 Å². The number of ether oxygens (including phenoxy) is 1. The summed E-state index contributed by atoms with van der Waals surface area (Å²) in [6.07, 6.45) is 0. The van der Waals surface area contributed by atoms with Gasteiger partial charge in [0, 0.05) is 15.7 Å². The number of carbonyl (C=O) groups is 2. The third-order valence-corrected chi connectivity index (χ3v) is 3.76. The van der Waals surface area contributed by atoms with E-state index >= 15 is 0 Å². The molecule has 6 nitrogen and oxygen atoms in total. The molecular formula is C16H14BrN3O3S. The van der Waals surface area contributed by atoms with Gasteiger partial charge in [0.1, 0.15) is 5.75 Å². The van der Waals surface area contributed by atoms with Crippen LogP contribution in [0.4, 0.5) is 5.69 Å². The van der Waals surface area contributed by atoms with Crippen LogP contribution in [0.25, 0.3) is 0 Å². The van der Waals surface area contributed by atoms with Crippen molar-refractivity contribution < 1.29 is 14.3 Å². The lowest BCUT2D eigenvalue weighted by Crippen LogP contribution is -2.34. The molecule has 0 saturated carbocycles. The average molecular weight is 408 g/mol. The molecule has 0 unspecified atom stereocenters. The van der Waals surface area contributed by atoms with Crippen LogP contribution in [-0.4, -0.2) is 24.0 Å². The topological polar surface area (TPSA) is 93.4 Å². The number of anilines is 1. The molecule has 0 saturated heterocycles. The standard InChI is InChI=1S/C16H14BrN3O3S/c1-23-13-7-4-10(17)8-12(13)15(22)20-16(24)19-11-5-2-9(3-6-11)14(18)21/h2-8H,1H3,(H2,18,21)(H2,19,20,22,24). The number of nitrogens with one attached hydrogen (secondary N) is 2. The van der Waals surface area contributed by atoms with Gasteiger partial charge in [-0.2, -0.15) is 0 Å². The minimum atomic E-state index is -0.515. The van der Waals surface area contributed by atoms with E-state index in [0.29, 0.717) is 22.6 Å². The molecule has 2 aromatic rings. The first kappa shape index (κ1) is 17.9. The Hall–Kier alpha value is -2.45. The minimum Gasteiger partial charge on any atom is -0.496 e. The lowest BCUT2D eigenvalue weighted by Gasteiger charge is -2.12. The predicted octanol–water partition coefficient (Wildman–Crippen LogP) is 2.68. The van der Waals surface area contributed by atoms with Gasteiger partial charge in [-0.1, -0.05) is 15.9 Å². The first-order valence-electron chi connectivity index (χ1n) is 6.76. The van der Waals surface area contributed by atoms with Gasteiger partial charge in [-0.3, -0.25) is 14.9 Å². The molecule has 0 aliphatic heterocycles. The molecular weight excluding hydrogens is 394 g/mol. The van der Waals surface area contributed by atoms with Crippen LogP contribution in [-0.2, 0) is 0 Å². The maximum Gasteiger partial charge on any atom is 0.261 e. The van der Waals surface area contributed by atoms with Crippen molar-refractivity contribution in [3.05, 3.63) is 58.1 Å². The van der Waals surface area contributed by atoms with Gasteiger partial charge in [0.2, 0.25) is 5.91 Å². The second kappa shape index (κ2) is 7.89. The van der Waals surface area contributed by atoms with Crippen molar-refractivity contribution in [2.24, 2.45) is 5.73 Å². The van der Waals surface area contributed by atoms with Gasteiger partial charge in [-0.15, -0.1) is 0 Å². The summed E-state index contributed by atoms with van der Waals surface area (Å²) in [5.41, 5.74) is 6.53. The molecule has 0 fully saturated rings. The van der Waals surface area contributed by atoms with E-state index in [1.165, 1.54) is 7.11 Å². The monoisotopic (exact) mass is 407 g/mol. The molecule has 0 aliphatic rings. The number of hydrogen-bond acceptors (Lipinski definition) is 4. The van der Waals surface area contributed by atoms with E-state index in [2.05, 4.69) is 26.6 Å². The van der Waals surface area contributed by atoms with Gasteiger partial charge >= 0.3 is 0 Å². The van der Waals surface area contributed by atoms with Crippen molar-refractivity contribution in [1.29, 1.82) is 0 Å². The third-order valence-electron chi connectivity index (χ3n) is 3.06. The normalized spacial score (nSPS) is 9.92. The molecule has 0 atom stereocenters. The number of rotatable bonds is 4. The van der Waals surface area contributed by atoms with Crippen LogP contribution in [0.5, 0.6) is 5.75 Å². The number of halogens is 1. The Morgan fingerprint density at radius 2 is 1.83 bits per heavy atom. The molecule has 4 N–H and O–H groups in total. The fourth-order valence-corrected chi connectivity index (χ4v) is 2.48. The highest BCUT2D eigenvalue weighted by atomic mass is 79.9. The van der Waals surface area contributed by atoms with Crippen LogP contribution in [0.2, 0.25) is 0 Å². The minimum absolute atomic E-state index is 0.119. The van der Waals surface area contributed by atoms with Crippen LogP contribution in [0.3, 0.4) is 0 Å². The van der Waals surface area contributed by atoms with Crippen molar-refractivity contribution in [3.8, 4) is 5.75 Å². The van der Waals surface area contributed by atoms with Crippen molar-refractivity contribution in [3.63, 3.8) is 0 Å². The molecule has 0 heterocycles. The summed E-state index contributed by atoms with van der Waals surface area (Å²) in [6.45, 7) is 0. The summed E-state index contributed by atoms with van der Waals surface area (Å²) in [4.78, 5) is 23.3. The Bertz CT molecular complexity index is 794. The molecule has 0 spiro atoms. The SMILES string of the molecule is COc1ccc(Br)cc1C(=O)NC(=S)Nc1ccc(C(N)=O)cc1. The quantitative estimate of drug-likeness (QED) is 0.677. The van der Waals surface area contributed by atoms with E-state index < -0.39 is 11.8 Å². The molecule has 2 aromatic carbocycles. The fraction of sp³-hybridized carbons (Fsp3) is 0.0625. The third kappa shape index (κ3) is 4.53. The van der Waals surface area contributed by atoms with E-state index in [4.69, 9.17) is 22.7 Å². The summed E-state index contributed by atoms with van der Waals surface area (Å²) in [5.74, 6) is -0.483. The summed E-state index contributed by atoms with van der Waals surface area (Å²) < 4.78 is 5.91. The fourth-order valence-electron chi connectivity index (χ4n) is 1.91. The Kier molecular flexibility index (Phi) is 5.88.